The number of rotatable bonds is 10. The van der Waals surface area contributed by atoms with E-state index in [2.05, 4.69) is 16.3 Å². The van der Waals surface area contributed by atoms with E-state index in [1.54, 1.807) is 13.2 Å². The van der Waals surface area contributed by atoms with Crippen LogP contribution in [0.4, 0.5) is 0 Å². The molecule has 2 aromatic rings. The molecule has 0 aliphatic heterocycles. The Balaban J connectivity index is 1.65. The number of methoxy groups -OCH3 is 1. The molecular formula is C23H31ClN2O3. The van der Waals surface area contributed by atoms with Gasteiger partial charge >= 0.3 is 0 Å². The zero-order chi connectivity index (χ0) is 20.5. The number of carbonyl (C=O) groups is 1. The summed E-state index contributed by atoms with van der Waals surface area (Å²) in [7, 11) is 1.65. The van der Waals surface area contributed by atoms with E-state index in [0.717, 1.165) is 29.3 Å². The number of amides is 1. The van der Waals surface area contributed by atoms with Gasteiger partial charge in [-0.3, -0.25) is 9.69 Å². The molecule has 1 aliphatic carbocycles. The summed E-state index contributed by atoms with van der Waals surface area (Å²) in [6.07, 6.45) is 7.00. The highest BCUT2D eigenvalue weighted by Crippen LogP contribution is 2.27. The van der Waals surface area contributed by atoms with Crippen LogP contribution in [0.1, 0.15) is 60.4 Å². The van der Waals surface area contributed by atoms with Crippen molar-refractivity contribution in [3.63, 3.8) is 0 Å². The SMILES string of the molecule is COCCCNC(=O)c1ccc(CN(Cc2ccccc2Cl)C2CCCCC2)o1. The molecule has 158 valence electrons. The molecule has 1 aromatic heterocycles. The van der Waals surface area contributed by atoms with Crippen molar-refractivity contribution in [2.45, 2.75) is 57.7 Å². The van der Waals surface area contributed by atoms with Gasteiger partial charge in [0.2, 0.25) is 0 Å². The lowest BCUT2D eigenvalue weighted by molar-refractivity contribution is 0.0911. The van der Waals surface area contributed by atoms with E-state index in [9.17, 15) is 4.79 Å². The fourth-order valence-electron chi connectivity index (χ4n) is 3.90. The summed E-state index contributed by atoms with van der Waals surface area (Å²) >= 11 is 6.41. The number of ether oxygens (including phenoxy) is 1. The molecule has 3 rings (SSSR count). The van der Waals surface area contributed by atoms with Crippen molar-refractivity contribution in [3.8, 4) is 0 Å². The van der Waals surface area contributed by atoms with E-state index in [4.69, 9.17) is 20.8 Å². The summed E-state index contributed by atoms with van der Waals surface area (Å²) in [5.41, 5.74) is 1.13. The Bertz CT molecular complexity index is 771. The van der Waals surface area contributed by atoms with Crippen molar-refractivity contribution in [2.75, 3.05) is 20.3 Å². The maximum absolute atomic E-state index is 12.3. The van der Waals surface area contributed by atoms with Crippen molar-refractivity contribution in [1.82, 2.24) is 10.2 Å². The van der Waals surface area contributed by atoms with Gasteiger partial charge in [0, 0.05) is 37.9 Å². The number of halogens is 1. The monoisotopic (exact) mass is 418 g/mol. The first-order chi connectivity index (χ1) is 14.2. The number of benzene rings is 1. The van der Waals surface area contributed by atoms with Crippen molar-refractivity contribution >= 4 is 17.5 Å². The quantitative estimate of drug-likeness (QED) is 0.549. The Morgan fingerprint density at radius 3 is 2.72 bits per heavy atom. The van der Waals surface area contributed by atoms with E-state index in [0.29, 0.717) is 31.5 Å². The lowest BCUT2D eigenvalue weighted by Gasteiger charge is -2.34. The molecule has 29 heavy (non-hydrogen) atoms. The molecule has 5 nitrogen and oxygen atoms in total. The number of nitrogens with zero attached hydrogens (tertiary/aromatic N) is 1. The van der Waals surface area contributed by atoms with Crippen LogP contribution in [0, 0.1) is 0 Å². The predicted octanol–water partition coefficient (Wildman–Crippen LogP) is 5.03. The van der Waals surface area contributed by atoms with Gasteiger partial charge in [0.15, 0.2) is 5.76 Å². The molecular weight excluding hydrogens is 388 g/mol. The normalized spacial score (nSPS) is 15.0. The molecule has 0 atom stereocenters. The second-order valence-corrected chi connectivity index (χ2v) is 8.06. The molecule has 0 spiro atoms. The van der Waals surface area contributed by atoms with Gasteiger partial charge < -0.3 is 14.5 Å². The Labute approximate surface area is 178 Å². The van der Waals surface area contributed by atoms with Crippen LogP contribution in [0.2, 0.25) is 5.02 Å². The minimum atomic E-state index is -0.178. The molecule has 1 aromatic carbocycles. The first kappa shape index (κ1) is 21.9. The highest BCUT2D eigenvalue weighted by molar-refractivity contribution is 6.31. The minimum Gasteiger partial charge on any atom is -0.455 e. The van der Waals surface area contributed by atoms with Gasteiger partial charge in [-0.25, -0.2) is 0 Å². The average molecular weight is 419 g/mol. The number of nitrogens with one attached hydrogen (secondary N) is 1. The predicted molar refractivity (Wildman–Crippen MR) is 115 cm³/mol. The molecule has 1 amide bonds. The van der Waals surface area contributed by atoms with Crippen LogP contribution in [-0.2, 0) is 17.8 Å². The molecule has 1 fully saturated rings. The number of hydrogen-bond acceptors (Lipinski definition) is 4. The summed E-state index contributed by atoms with van der Waals surface area (Å²) in [6.45, 7) is 2.65. The van der Waals surface area contributed by atoms with E-state index in [-0.39, 0.29) is 5.91 Å². The lowest BCUT2D eigenvalue weighted by atomic mass is 9.93. The summed E-state index contributed by atoms with van der Waals surface area (Å²) in [5, 5.41) is 3.66. The minimum absolute atomic E-state index is 0.178. The molecule has 1 aliphatic rings. The standard InChI is InChI=1S/C23H31ClN2O3/c1-28-15-7-14-25-23(27)22-13-12-20(29-22)17-26(19-9-3-2-4-10-19)16-18-8-5-6-11-21(18)24/h5-6,8,11-13,19H,2-4,7,9-10,14-17H2,1H3,(H,25,27). The van der Waals surface area contributed by atoms with Crippen LogP contribution in [0.15, 0.2) is 40.8 Å². The van der Waals surface area contributed by atoms with Crippen LogP contribution in [0.5, 0.6) is 0 Å². The molecule has 0 radical (unpaired) electrons. The van der Waals surface area contributed by atoms with Crippen molar-refractivity contribution < 1.29 is 13.9 Å². The van der Waals surface area contributed by atoms with E-state index < -0.39 is 0 Å². The van der Waals surface area contributed by atoms with Crippen molar-refractivity contribution in [2.24, 2.45) is 0 Å². The van der Waals surface area contributed by atoms with Gasteiger partial charge in [-0.15, -0.1) is 0 Å². The highest BCUT2D eigenvalue weighted by Gasteiger charge is 2.23. The highest BCUT2D eigenvalue weighted by atomic mass is 35.5. The molecule has 1 N–H and O–H groups in total. The van der Waals surface area contributed by atoms with Gasteiger partial charge in [0.05, 0.1) is 6.54 Å². The molecule has 0 unspecified atom stereocenters. The van der Waals surface area contributed by atoms with Crippen molar-refractivity contribution in [3.05, 3.63) is 58.5 Å². The van der Waals surface area contributed by atoms with E-state index in [1.807, 2.05) is 24.3 Å². The summed E-state index contributed by atoms with van der Waals surface area (Å²) < 4.78 is 10.9. The maximum atomic E-state index is 12.3. The fourth-order valence-corrected chi connectivity index (χ4v) is 4.09. The molecule has 6 heteroatoms. The smallest absolute Gasteiger partial charge is 0.286 e. The van der Waals surface area contributed by atoms with Gasteiger partial charge in [0.1, 0.15) is 5.76 Å². The Morgan fingerprint density at radius 2 is 1.97 bits per heavy atom. The summed E-state index contributed by atoms with van der Waals surface area (Å²) in [6, 6.07) is 12.2. The largest absolute Gasteiger partial charge is 0.455 e. The van der Waals surface area contributed by atoms with Gasteiger partial charge in [-0.05, 0) is 43.0 Å². The van der Waals surface area contributed by atoms with Crippen LogP contribution in [0.3, 0.4) is 0 Å². The molecule has 0 bridgehead atoms. The Morgan fingerprint density at radius 1 is 1.17 bits per heavy atom. The third-order valence-electron chi connectivity index (χ3n) is 5.48. The van der Waals surface area contributed by atoms with Crippen LogP contribution < -0.4 is 5.32 Å². The van der Waals surface area contributed by atoms with Crippen LogP contribution in [-0.4, -0.2) is 37.1 Å². The second-order valence-electron chi connectivity index (χ2n) is 7.66. The zero-order valence-corrected chi connectivity index (χ0v) is 17.9. The first-order valence-corrected chi connectivity index (χ1v) is 10.9. The topological polar surface area (TPSA) is 54.7 Å². The third kappa shape index (κ3) is 6.59. The maximum Gasteiger partial charge on any atom is 0.286 e. The third-order valence-corrected chi connectivity index (χ3v) is 5.85. The number of hydrogen-bond donors (Lipinski definition) is 1. The van der Waals surface area contributed by atoms with Gasteiger partial charge in [-0.1, -0.05) is 49.1 Å². The fraction of sp³-hybridized carbons (Fsp3) is 0.522. The van der Waals surface area contributed by atoms with E-state index >= 15 is 0 Å². The van der Waals surface area contributed by atoms with E-state index in [1.165, 1.54) is 32.1 Å². The Hall–Kier alpha value is -1.82. The number of carbonyl (C=O) groups excluding carboxylic acids is 1. The summed E-state index contributed by atoms with van der Waals surface area (Å²) in [5.74, 6) is 0.992. The Kier molecular flexibility index (Phi) is 8.59. The molecule has 1 saturated carbocycles. The van der Waals surface area contributed by atoms with Crippen LogP contribution >= 0.6 is 11.6 Å². The average Bonchev–Trinajstić information content (AvgIpc) is 3.21. The van der Waals surface area contributed by atoms with Gasteiger partial charge in [-0.2, -0.15) is 0 Å². The van der Waals surface area contributed by atoms with Crippen molar-refractivity contribution in [1.29, 1.82) is 0 Å². The molecule has 0 saturated heterocycles. The first-order valence-electron chi connectivity index (χ1n) is 10.5. The summed E-state index contributed by atoms with van der Waals surface area (Å²) in [4.78, 5) is 14.7. The van der Waals surface area contributed by atoms with Crippen LogP contribution in [0.25, 0.3) is 0 Å². The zero-order valence-electron chi connectivity index (χ0n) is 17.2. The van der Waals surface area contributed by atoms with Gasteiger partial charge in [0.25, 0.3) is 5.91 Å². The number of furan rings is 1. The second kappa shape index (κ2) is 11.4. The molecule has 1 heterocycles. The lowest BCUT2D eigenvalue weighted by Crippen LogP contribution is -2.35.